The van der Waals surface area contributed by atoms with Crippen LogP contribution in [0.25, 0.3) is 0 Å². The predicted molar refractivity (Wildman–Crippen MR) is 125 cm³/mol. The van der Waals surface area contributed by atoms with E-state index in [0.717, 1.165) is 23.4 Å². The third-order valence-electron chi connectivity index (χ3n) is 5.73. The van der Waals surface area contributed by atoms with Gasteiger partial charge in [0.25, 0.3) is 0 Å². The molecule has 174 valence electrons. The number of halogens is 2. The second-order valence-electron chi connectivity index (χ2n) is 9.04. The van der Waals surface area contributed by atoms with Gasteiger partial charge in [-0.3, -0.25) is 0 Å². The Morgan fingerprint density at radius 1 is 1.16 bits per heavy atom. The highest BCUT2D eigenvalue weighted by molar-refractivity contribution is 5.27. The lowest BCUT2D eigenvalue weighted by atomic mass is 10.0. The van der Waals surface area contributed by atoms with E-state index in [1.54, 1.807) is 12.1 Å². The molecular weight excluding hydrogens is 408 g/mol. The van der Waals surface area contributed by atoms with Crippen LogP contribution >= 0.6 is 0 Å². The molecule has 1 fully saturated rings. The highest BCUT2D eigenvalue weighted by Crippen LogP contribution is 2.24. The van der Waals surface area contributed by atoms with Crippen LogP contribution in [0, 0.1) is 11.7 Å². The monoisotopic (exact) mass is 443 g/mol. The largest absolute Gasteiger partial charge is 0.493 e. The molecule has 0 aromatic heterocycles. The van der Waals surface area contributed by atoms with Gasteiger partial charge < -0.3 is 19.9 Å². The summed E-state index contributed by atoms with van der Waals surface area (Å²) in [4.78, 5) is 4.00. The van der Waals surface area contributed by atoms with Gasteiger partial charge in [0, 0.05) is 26.2 Å². The quantitative estimate of drug-likeness (QED) is 0.561. The SMILES string of the molecule is C=C(NCc1ccc(OCC(C)C)cc1)N(Cc1ccc(F)cc1)C1CCN(C)C[C@H]1F. The van der Waals surface area contributed by atoms with Crippen LogP contribution in [0.4, 0.5) is 8.78 Å². The first-order chi connectivity index (χ1) is 15.3. The molecule has 0 spiro atoms. The van der Waals surface area contributed by atoms with Gasteiger partial charge >= 0.3 is 0 Å². The van der Waals surface area contributed by atoms with E-state index in [0.29, 0.717) is 44.4 Å². The molecule has 1 unspecified atom stereocenters. The van der Waals surface area contributed by atoms with Crippen molar-refractivity contribution in [2.45, 2.75) is 45.6 Å². The van der Waals surface area contributed by atoms with E-state index in [2.05, 4.69) is 25.7 Å². The lowest BCUT2D eigenvalue weighted by Gasteiger charge is -2.41. The molecule has 0 amide bonds. The topological polar surface area (TPSA) is 27.7 Å². The number of nitrogens with one attached hydrogen (secondary N) is 1. The molecule has 1 N–H and O–H groups in total. The average molecular weight is 444 g/mol. The van der Waals surface area contributed by atoms with Crippen molar-refractivity contribution in [3.63, 3.8) is 0 Å². The van der Waals surface area contributed by atoms with Gasteiger partial charge in [-0.2, -0.15) is 0 Å². The fourth-order valence-electron chi connectivity index (χ4n) is 3.87. The van der Waals surface area contributed by atoms with E-state index >= 15 is 0 Å². The molecule has 1 saturated heterocycles. The number of benzene rings is 2. The van der Waals surface area contributed by atoms with Crippen molar-refractivity contribution in [1.82, 2.24) is 15.1 Å². The first-order valence-electron chi connectivity index (χ1n) is 11.3. The van der Waals surface area contributed by atoms with Crippen molar-refractivity contribution in [2.75, 3.05) is 26.7 Å². The van der Waals surface area contributed by atoms with Gasteiger partial charge in [0.2, 0.25) is 0 Å². The third kappa shape index (κ3) is 6.95. The molecule has 3 rings (SSSR count). The second-order valence-corrected chi connectivity index (χ2v) is 9.04. The van der Waals surface area contributed by atoms with Gasteiger partial charge in [0.1, 0.15) is 17.7 Å². The number of rotatable bonds is 10. The minimum absolute atomic E-state index is 0.275. The van der Waals surface area contributed by atoms with E-state index in [-0.39, 0.29) is 11.9 Å². The van der Waals surface area contributed by atoms with Crippen molar-refractivity contribution in [3.8, 4) is 5.75 Å². The number of hydrogen-bond donors (Lipinski definition) is 1. The Balaban J connectivity index is 1.65. The number of nitrogens with zero attached hydrogens (tertiary/aromatic N) is 2. The molecule has 6 heteroatoms. The fraction of sp³-hybridized carbons (Fsp3) is 0.462. The maximum atomic E-state index is 15.0. The van der Waals surface area contributed by atoms with Crippen LogP contribution in [-0.4, -0.2) is 48.8 Å². The normalized spacial score (nSPS) is 19.1. The summed E-state index contributed by atoms with van der Waals surface area (Å²) in [5.74, 6) is 1.73. The molecule has 32 heavy (non-hydrogen) atoms. The first-order valence-corrected chi connectivity index (χ1v) is 11.3. The molecule has 2 atom stereocenters. The van der Waals surface area contributed by atoms with Gasteiger partial charge in [-0.25, -0.2) is 8.78 Å². The van der Waals surface area contributed by atoms with E-state index < -0.39 is 6.17 Å². The van der Waals surface area contributed by atoms with E-state index in [1.165, 1.54) is 12.1 Å². The van der Waals surface area contributed by atoms with Gasteiger partial charge in [-0.15, -0.1) is 0 Å². The van der Waals surface area contributed by atoms with Crippen LogP contribution in [-0.2, 0) is 13.1 Å². The summed E-state index contributed by atoms with van der Waals surface area (Å²) >= 11 is 0. The standard InChI is InChI=1S/C26H35F2N3O/c1-19(2)18-32-24-11-7-21(8-12-24)15-29-20(3)31(16-22-5-9-23(27)10-6-22)26-13-14-30(4)17-25(26)28/h5-12,19,25-26,29H,3,13-18H2,1-2,4H3/t25-,26?/m1/s1. The Bertz CT molecular complexity index is 854. The highest BCUT2D eigenvalue weighted by atomic mass is 19.1. The van der Waals surface area contributed by atoms with Crippen molar-refractivity contribution in [2.24, 2.45) is 5.92 Å². The number of alkyl halides is 1. The van der Waals surface area contributed by atoms with E-state index in [4.69, 9.17) is 4.74 Å². The van der Waals surface area contributed by atoms with Gasteiger partial charge in [0.15, 0.2) is 0 Å². The molecule has 1 heterocycles. The zero-order valence-corrected chi connectivity index (χ0v) is 19.4. The summed E-state index contributed by atoms with van der Waals surface area (Å²) < 4.78 is 34.1. The molecule has 2 aromatic rings. The minimum Gasteiger partial charge on any atom is -0.493 e. The molecular formula is C26H35F2N3O. The van der Waals surface area contributed by atoms with Gasteiger partial charge in [0.05, 0.1) is 18.5 Å². The Hall–Kier alpha value is -2.60. The van der Waals surface area contributed by atoms with Crippen LogP contribution in [0.1, 0.15) is 31.4 Å². The molecule has 1 aliphatic rings. The Morgan fingerprint density at radius 2 is 1.81 bits per heavy atom. The van der Waals surface area contributed by atoms with E-state index in [9.17, 15) is 8.78 Å². The Morgan fingerprint density at radius 3 is 2.44 bits per heavy atom. The maximum absolute atomic E-state index is 15.0. The van der Waals surface area contributed by atoms with Crippen LogP contribution in [0.15, 0.2) is 60.9 Å². The fourth-order valence-corrected chi connectivity index (χ4v) is 3.87. The summed E-state index contributed by atoms with van der Waals surface area (Å²) in [6.45, 7) is 11.4. The third-order valence-corrected chi connectivity index (χ3v) is 5.73. The van der Waals surface area contributed by atoms with Crippen molar-refractivity contribution >= 4 is 0 Å². The molecule has 0 aliphatic carbocycles. The lowest BCUT2D eigenvalue weighted by Crippen LogP contribution is -2.52. The second kappa shape index (κ2) is 11.3. The lowest BCUT2D eigenvalue weighted by molar-refractivity contribution is 0.0542. The van der Waals surface area contributed by atoms with E-state index in [1.807, 2.05) is 41.1 Å². The zero-order valence-electron chi connectivity index (χ0n) is 19.4. The molecule has 0 radical (unpaired) electrons. The Kier molecular flexibility index (Phi) is 8.51. The summed E-state index contributed by atoms with van der Waals surface area (Å²) in [6, 6.07) is 14.1. The zero-order chi connectivity index (χ0) is 23.1. The number of likely N-dealkylation sites (tertiary alicyclic amines) is 1. The maximum Gasteiger partial charge on any atom is 0.133 e. The van der Waals surface area contributed by atoms with Gasteiger partial charge in [-0.1, -0.05) is 44.7 Å². The van der Waals surface area contributed by atoms with Gasteiger partial charge in [-0.05, 0) is 54.8 Å². The van der Waals surface area contributed by atoms with Crippen LogP contribution in [0.3, 0.4) is 0 Å². The molecule has 0 saturated carbocycles. The van der Waals surface area contributed by atoms with Crippen molar-refractivity contribution in [1.29, 1.82) is 0 Å². The number of hydrogen-bond acceptors (Lipinski definition) is 4. The van der Waals surface area contributed by atoms with Crippen LogP contribution < -0.4 is 10.1 Å². The summed E-state index contributed by atoms with van der Waals surface area (Å²) in [5, 5.41) is 3.37. The summed E-state index contributed by atoms with van der Waals surface area (Å²) in [6.07, 6.45) is -0.272. The Labute approximate surface area is 190 Å². The highest BCUT2D eigenvalue weighted by Gasteiger charge is 2.33. The average Bonchev–Trinajstić information content (AvgIpc) is 2.77. The summed E-state index contributed by atoms with van der Waals surface area (Å²) in [5.41, 5.74) is 2.01. The predicted octanol–water partition coefficient (Wildman–Crippen LogP) is 4.97. The molecule has 0 bridgehead atoms. The summed E-state index contributed by atoms with van der Waals surface area (Å²) in [7, 11) is 1.94. The van der Waals surface area contributed by atoms with Crippen molar-refractivity contribution < 1.29 is 13.5 Å². The molecule has 1 aliphatic heterocycles. The first kappa shape index (κ1) is 24.1. The minimum atomic E-state index is -0.981. The molecule has 4 nitrogen and oxygen atoms in total. The number of ether oxygens (including phenoxy) is 1. The van der Waals surface area contributed by atoms with Crippen molar-refractivity contribution in [3.05, 3.63) is 77.9 Å². The number of piperidine rings is 1. The molecule has 2 aromatic carbocycles. The van der Waals surface area contributed by atoms with Crippen LogP contribution in [0.5, 0.6) is 5.75 Å². The van der Waals surface area contributed by atoms with Crippen LogP contribution in [0.2, 0.25) is 0 Å². The smallest absolute Gasteiger partial charge is 0.133 e.